The van der Waals surface area contributed by atoms with Crippen LogP contribution in [0.2, 0.25) is 0 Å². The summed E-state index contributed by atoms with van der Waals surface area (Å²) in [6.07, 6.45) is 6.84. The van der Waals surface area contributed by atoms with Gasteiger partial charge in [0, 0.05) is 19.1 Å². The van der Waals surface area contributed by atoms with Gasteiger partial charge >= 0.3 is 0 Å². The van der Waals surface area contributed by atoms with E-state index in [1.807, 2.05) is 25.2 Å². The molecule has 1 unspecified atom stereocenters. The Labute approximate surface area is 166 Å². The lowest BCUT2D eigenvalue weighted by Gasteiger charge is -2.28. The average Bonchev–Trinajstić information content (AvgIpc) is 2.62. The molecular formula is C24H38N2O. The van der Waals surface area contributed by atoms with Crippen LogP contribution >= 0.6 is 0 Å². The van der Waals surface area contributed by atoms with Crippen molar-refractivity contribution in [2.45, 2.75) is 58.6 Å². The topological polar surface area (TPSA) is 49.5 Å². The Morgan fingerprint density at radius 2 is 1.85 bits per heavy atom. The molecule has 0 fully saturated rings. The van der Waals surface area contributed by atoms with Gasteiger partial charge in [0.25, 0.3) is 0 Å². The highest BCUT2D eigenvalue weighted by molar-refractivity contribution is 5.30. The Balaban J connectivity index is 2.83. The fraction of sp³-hybridized carbons (Fsp3) is 0.500. The first-order valence-corrected chi connectivity index (χ1v) is 9.95. The van der Waals surface area contributed by atoms with Gasteiger partial charge in [-0.05, 0) is 56.4 Å². The highest BCUT2D eigenvalue weighted by Gasteiger charge is 2.17. The van der Waals surface area contributed by atoms with Gasteiger partial charge in [0.1, 0.15) is 0 Å². The minimum absolute atomic E-state index is 0.108. The Bertz CT molecular complexity index is 626. The minimum Gasteiger partial charge on any atom is -0.386 e. The van der Waals surface area contributed by atoms with Crippen molar-refractivity contribution in [1.82, 2.24) is 4.90 Å². The van der Waals surface area contributed by atoms with E-state index in [2.05, 4.69) is 55.7 Å². The molecule has 2 atom stereocenters. The Hall–Kier alpha value is -1.68. The summed E-state index contributed by atoms with van der Waals surface area (Å²) < 4.78 is 0. The molecule has 150 valence electrons. The number of nitrogens with two attached hydrogens (primary N) is 1. The van der Waals surface area contributed by atoms with Crippen molar-refractivity contribution in [1.29, 1.82) is 0 Å². The first kappa shape index (κ1) is 23.4. The second-order valence-electron chi connectivity index (χ2n) is 7.96. The van der Waals surface area contributed by atoms with Crippen LogP contribution in [0, 0.1) is 0 Å². The summed E-state index contributed by atoms with van der Waals surface area (Å²) >= 11 is 0. The molecule has 0 spiro atoms. The summed E-state index contributed by atoms with van der Waals surface area (Å²) in [5, 5.41) is 10.1. The molecule has 0 aliphatic heterocycles. The number of nitrogens with zero attached hydrogens (tertiary/aromatic N) is 1. The zero-order valence-corrected chi connectivity index (χ0v) is 17.8. The second-order valence-corrected chi connectivity index (χ2v) is 7.96. The standard InChI is InChI=1S/C24H38N2O/c1-7-16-26(17-19(3)22-12-10-9-11-13-22)18-23(25)21(8-2)15-14-20(4)24(5,6)27/h8-15,19,23,27H,2,7,16-18,25H2,1,3-6H3/b20-14+,21-15+/t19-,23?/m0/s1. The van der Waals surface area contributed by atoms with Gasteiger partial charge < -0.3 is 15.7 Å². The van der Waals surface area contributed by atoms with Crippen molar-refractivity contribution in [3.63, 3.8) is 0 Å². The van der Waals surface area contributed by atoms with Crippen molar-refractivity contribution < 1.29 is 5.11 Å². The molecule has 1 aromatic rings. The van der Waals surface area contributed by atoms with Gasteiger partial charge in [0.05, 0.1) is 5.60 Å². The van der Waals surface area contributed by atoms with E-state index >= 15 is 0 Å². The molecule has 0 aliphatic carbocycles. The fourth-order valence-corrected chi connectivity index (χ4v) is 3.00. The lowest BCUT2D eigenvalue weighted by molar-refractivity contribution is 0.120. The SMILES string of the molecule is C=C/C(=C\C=C(/C)C(C)(C)O)C(N)CN(CCC)C[C@H](C)c1ccccc1. The maximum absolute atomic E-state index is 10.1. The van der Waals surface area contributed by atoms with Crippen molar-refractivity contribution in [2.75, 3.05) is 19.6 Å². The summed E-state index contributed by atoms with van der Waals surface area (Å²) in [5.74, 6) is 0.457. The predicted octanol–water partition coefficient (Wildman–Crippen LogP) is 4.66. The van der Waals surface area contributed by atoms with Gasteiger partial charge in [0.2, 0.25) is 0 Å². The molecule has 1 aromatic carbocycles. The second kappa shape index (κ2) is 11.2. The van der Waals surface area contributed by atoms with Gasteiger partial charge in [-0.3, -0.25) is 0 Å². The number of benzene rings is 1. The zero-order valence-electron chi connectivity index (χ0n) is 17.8. The summed E-state index contributed by atoms with van der Waals surface area (Å²) in [6.45, 7) is 16.7. The lowest BCUT2D eigenvalue weighted by Crippen LogP contribution is -2.40. The van der Waals surface area contributed by atoms with Crippen LogP contribution in [0.4, 0.5) is 0 Å². The first-order chi connectivity index (χ1) is 12.7. The van der Waals surface area contributed by atoms with Crippen LogP contribution in [0.15, 0.2) is 66.3 Å². The van der Waals surface area contributed by atoms with Gasteiger partial charge in [-0.25, -0.2) is 0 Å². The molecular weight excluding hydrogens is 332 g/mol. The first-order valence-electron chi connectivity index (χ1n) is 9.95. The Kier molecular flexibility index (Phi) is 9.71. The molecule has 3 heteroatoms. The van der Waals surface area contributed by atoms with Crippen LogP contribution in [-0.4, -0.2) is 41.3 Å². The van der Waals surface area contributed by atoms with Gasteiger partial charge in [-0.1, -0.05) is 69.0 Å². The Morgan fingerprint density at radius 1 is 1.22 bits per heavy atom. The molecule has 0 saturated heterocycles. The largest absolute Gasteiger partial charge is 0.386 e. The number of rotatable bonds is 11. The van der Waals surface area contributed by atoms with E-state index in [1.165, 1.54) is 5.56 Å². The summed E-state index contributed by atoms with van der Waals surface area (Å²) in [5.41, 5.74) is 8.92. The molecule has 0 heterocycles. The normalized spacial score (nSPS) is 15.7. The summed E-state index contributed by atoms with van der Waals surface area (Å²) in [6, 6.07) is 10.5. The van der Waals surface area contributed by atoms with E-state index < -0.39 is 5.60 Å². The Morgan fingerprint density at radius 3 is 2.37 bits per heavy atom. The van der Waals surface area contributed by atoms with Crippen molar-refractivity contribution >= 4 is 0 Å². The van der Waals surface area contributed by atoms with Crippen LogP contribution in [0.3, 0.4) is 0 Å². The van der Waals surface area contributed by atoms with Gasteiger partial charge in [0.15, 0.2) is 0 Å². The van der Waals surface area contributed by atoms with E-state index in [4.69, 9.17) is 5.73 Å². The predicted molar refractivity (Wildman–Crippen MR) is 118 cm³/mol. The van der Waals surface area contributed by atoms with Crippen LogP contribution in [0.25, 0.3) is 0 Å². The molecule has 0 bridgehead atoms. The molecule has 0 radical (unpaired) electrons. The molecule has 27 heavy (non-hydrogen) atoms. The molecule has 0 amide bonds. The highest BCUT2D eigenvalue weighted by atomic mass is 16.3. The maximum Gasteiger partial charge on any atom is 0.0801 e. The van der Waals surface area contributed by atoms with Gasteiger partial charge in [-0.15, -0.1) is 0 Å². The third kappa shape index (κ3) is 8.25. The average molecular weight is 371 g/mol. The molecule has 0 aliphatic rings. The van der Waals surface area contributed by atoms with Crippen molar-refractivity contribution in [2.24, 2.45) is 5.73 Å². The number of hydrogen-bond acceptors (Lipinski definition) is 3. The number of allylic oxidation sites excluding steroid dienone is 2. The molecule has 3 nitrogen and oxygen atoms in total. The monoisotopic (exact) mass is 370 g/mol. The van der Waals surface area contributed by atoms with E-state index in [9.17, 15) is 5.11 Å². The van der Waals surface area contributed by atoms with Gasteiger partial charge in [-0.2, -0.15) is 0 Å². The van der Waals surface area contributed by atoms with Crippen LogP contribution in [0.5, 0.6) is 0 Å². The van der Waals surface area contributed by atoms with E-state index in [0.717, 1.165) is 37.2 Å². The van der Waals surface area contributed by atoms with E-state index in [-0.39, 0.29) is 6.04 Å². The smallest absolute Gasteiger partial charge is 0.0801 e. The quantitative estimate of drug-likeness (QED) is 0.557. The van der Waals surface area contributed by atoms with Crippen LogP contribution in [0.1, 0.15) is 52.5 Å². The third-order valence-corrected chi connectivity index (χ3v) is 5.05. The van der Waals surface area contributed by atoms with Crippen LogP contribution < -0.4 is 5.73 Å². The van der Waals surface area contributed by atoms with E-state index in [1.54, 1.807) is 13.8 Å². The fourth-order valence-electron chi connectivity index (χ4n) is 3.00. The molecule has 0 aromatic heterocycles. The number of aliphatic hydroxyl groups is 1. The van der Waals surface area contributed by atoms with Crippen LogP contribution in [-0.2, 0) is 0 Å². The summed E-state index contributed by atoms with van der Waals surface area (Å²) in [7, 11) is 0. The zero-order chi connectivity index (χ0) is 20.4. The number of hydrogen-bond donors (Lipinski definition) is 2. The lowest BCUT2D eigenvalue weighted by atomic mass is 9.97. The maximum atomic E-state index is 10.1. The molecule has 1 rings (SSSR count). The summed E-state index contributed by atoms with van der Waals surface area (Å²) in [4.78, 5) is 2.44. The third-order valence-electron chi connectivity index (χ3n) is 5.05. The van der Waals surface area contributed by atoms with Crippen molar-refractivity contribution in [3.05, 3.63) is 71.8 Å². The van der Waals surface area contributed by atoms with E-state index in [0.29, 0.717) is 5.92 Å². The highest BCUT2D eigenvalue weighted by Crippen LogP contribution is 2.18. The van der Waals surface area contributed by atoms with Crippen molar-refractivity contribution in [3.8, 4) is 0 Å². The molecule has 3 N–H and O–H groups in total. The minimum atomic E-state index is -0.827. The molecule has 0 saturated carbocycles.